The number of piperazine rings is 1. The Morgan fingerprint density at radius 3 is 2.47 bits per heavy atom. The number of aromatic nitrogens is 2. The number of nitrogens with two attached hydrogens (primary N) is 2. The minimum atomic E-state index is -0.548. The van der Waals surface area contributed by atoms with Crippen LogP contribution in [0.3, 0.4) is 0 Å². The number of piperidine rings is 1. The van der Waals surface area contributed by atoms with Gasteiger partial charge in [0, 0.05) is 69.8 Å². The minimum Gasteiger partial charge on any atom is -0.493 e. The monoisotopic (exact) mass is 633 g/mol. The lowest BCUT2D eigenvalue weighted by atomic mass is 9.77. The van der Waals surface area contributed by atoms with Crippen molar-refractivity contribution in [3.8, 4) is 11.5 Å². The van der Waals surface area contributed by atoms with Gasteiger partial charge in [0.1, 0.15) is 12.4 Å². The molecular weight excluding hydrogens is 597 g/mol. The fourth-order valence-electron chi connectivity index (χ4n) is 5.65. The Hall–Kier alpha value is -3.39. The van der Waals surface area contributed by atoms with Gasteiger partial charge < -0.3 is 36.1 Å². The molecule has 5 N–H and O–H groups in total. The second-order valence-electron chi connectivity index (χ2n) is 11.3. The molecule has 0 bridgehead atoms. The van der Waals surface area contributed by atoms with E-state index in [1.165, 1.54) is 7.11 Å². The molecule has 0 unspecified atom stereocenters. The molecule has 0 saturated carbocycles. The molecule has 3 aliphatic heterocycles. The van der Waals surface area contributed by atoms with Crippen LogP contribution in [0, 0.1) is 5.41 Å². The van der Waals surface area contributed by atoms with Crippen molar-refractivity contribution in [1.82, 2.24) is 30.0 Å². The first-order valence-corrected chi connectivity index (χ1v) is 15.0. The first-order chi connectivity index (χ1) is 20.6. The average Bonchev–Trinajstić information content (AvgIpc) is 3.37. The number of carbonyl (C=O) groups excluding carboxylic acids is 2. The highest BCUT2D eigenvalue weighted by atomic mass is 35.5. The minimum absolute atomic E-state index is 0.0455. The van der Waals surface area contributed by atoms with Crippen LogP contribution in [0.4, 0.5) is 11.6 Å². The summed E-state index contributed by atoms with van der Waals surface area (Å²) < 4.78 is 11.6. The summed E-state index contributed by atoms with van der Waals surface area (Å²) >= 11 is 12.5. The van der Waals surface area contributed by atoms with Crippen molar-refractivity contribution in [3.05, 3.63) is 33.6 Å². The molecule has 0 atom stereocenters. The fraction of sp³-hybridized carbons (Fsp3) is 0.536. The molecule has 43 heavy (non-hydrogen) atoms. The van der Waals surface area contributed by atoms with E-state index in [2.05, 4.69) is 37.1 Å². The Balaban J connectivity index is 1.14. The molecule has 2 aromatic rings. The van der Waals surface area contributed by atoms with Crippen molar-refractivity contribution in [2.75, 3.05) is 84.6 Å². The fourth-order valence-corrected chi connectivity index (χ4v) is 6.04. The maximum atomic E-state index is 13.5. The van der Waals surface area contributed by atoms with E-state index < -0.39 is 5.91 Å². The summed E-state index contributed by atoms with van der Waals surface area (Å²) in [6, 6.07) is 3.33. The van der Waals surface area contributed by atoms with E-state index >= 15 is 0 Å². The molecule has 15 heteroatoms. The zero-order valence-corrected chi connectivity index (χ0v) is 25.9. The summed E-state index contributed by atoms with van der Waals surface area (Å²) in [4.78, 5) is 45.0. The number of carbonyl (C=O) groups is 2. The van der Waals surface area contributed by atoms with Gasteiger partial charge >= 0.3 is 0 Å². The second kappa shape index (κ2) is 13.1. The van der Waals surface area contributed by atoms with E-state index in [1.54, 1.807) is 12.1 Å². The zero-order chi connectivity index (χ0) is 30.7. The van der Waals surface area contributed by atoms with E-state index in [-0.39, 0.29) is 33.8 Å². The molecule has 4 heterocycles. The lowest BCUT2D eigenvalue weighted by molar-refractivity contribution is 0.0612. The van der Waals surface area contributed by atoms with Gasteiger partial charge in [-0.1, -0.05) is 23.2 Å². The summed E-state index contributed by atoms with van der Waals surface area (Å²) in [5.41, 5.74) is 11.6. The first kappa shape index (κ1) is 31.0. The summed E-state index contributed by atoms with van der Waals surface area (Å²) in [6.07, 6.45) is 2.03. The quantitative estimate of drug-likeness (QED) is 0.411. The number of nitrogens with zero attached hydrogens (tertiary/aromatic N) is 6. The molecule has 2 amide bonds. The van der Waals surface area contributed by atoms with E-state index in [1.807, 2.05) is 4.90 Å². The molecule has 2 saturated heterocycles. The highest BCUT2D eigenvalue weighted by Crippen LogP contribution is 2.41. The van der Waals surface area contributed by atoms with Crippen LogP contribution in [0.5, 0.6) is 11.5 Å². The number of anilines is 2. The molecule has 0 radical (unpaired) electrons. The number of aliphatic imine (C=N–C) groups is 1. The number of methoxy groups -OCH3 is 1. The van der Waals surface area contributed by atoms with Gasteiger partial charge in [-0.3, -0.25) is 19.5 Å². The van der Waals surface area contributed by atoms with Gasteiger partial charge in [-0.05, 0) is 32.0 Å². The van der Waals surface area contributed by atoms with E-state index in [0.29, 0.717) is 60.6 Å². The number of likely N-dealkylation sites (N-methyl/N-ethyl adjacent to an activating group) is 1. The molecule has 1 aromatic carbocycles. The van der Waals surface area contributed by atoms with Gasteiger partial charge in [-0.15, -0.1) is 0 Å². The van der Waals surface area contributed by atoms with Crippen LogP contribution in [-0.4, -0.2) is 115 Å². The number of ether oxygens (including phenoxy) is 2. The molecule has 3 aliphatic rings. The highest BCUT2D eigenvalue weighted by Gasteiger charge is 2.41. The van der Waals surface area contributed by atoms with Crippen molar-refractivity contribution >= 4 is 52.5 Å². The summed E-state index contributed by atoms with van der Waals surface area (Å²) in [5, 5.41) is 3.02. The molecule has 1 spiro atoms. The zero-order valence-electron chi connectivity index (χ0n) is 24.4. The average molecular weight is 635 g/mol. The topological polar surface area (TPSA) is 165 Å². The highest BCUT2D eigenvalue weighted by molar-refractivity contribution is 6.33. The summed E-state index contributed by atoms with van der Waals surface area (Å²) in [5.74, 6) is 0.587. The Morgan fingerprint density at radius 2 is 1.77 bits per heavy atom. The van der Waals surface area contributed by atoms with Crippen LogP contribution < -0.4 is 26.3 Å². The number of amides is 2. The largest absolute Gasteiger partial charge is 0.493 e. The second-order valence-corrected chi connectivity index (χ2v) is 12.1. The van der Waals surface area contributed by atoms with Crippen molar-refractivity contribution in [1.29, 1.82) is 0 Å². The Morgan fingerprint density at radius 1 is 1.05 bits per heavy atom. The van der Waals surface area contributed by atoms with Crippen LogP contribution in [0.15, 0.2) is 17.1 Å². The van der Waals surface area contributed by atoms with E-state index in [0.717, 1.165) is 45.6 Å². The third-order valence-corrected chi connectivity index (χ3v) is 8.92. The lowest BCUT2D eigenvalue weighted by Gasteiger charge is -2.38. The number of nitrogens with one attached hydrogen (secondary N) is 1. The first-order valence-electron chi connectivity index (χ1n) is 14.2. The van der Waals surface area contributed by atoms with Gasteiger partial charge in [-0.2, -0.15) is 0 Å². The summed E-state index contributed by atoms with van der Waals surface area (Å²) in [6.45, 7) is 6.98. The number of rotatable bonds is 7. The molecule has 5 rings (SSSR count). The van der Waals surface area contributed by atoms with E-state index in [4.69, 9.17) is 44.1 Å². The van der Waals surface area contributed by atoms with Crippen LogP contribution in [-0.2, 0) is 0 Å². The Labute approximate surface area is 260 Å². The summed E-state index contributed by atoms with van der Waals surface area (Å²) in [7, 11) is 3.66. The van der Waals surface area contributed by atoms with Gasteiger partial charge in [0.2, 0.25) is 0 Å². The van der Waals surface area contributed by atoms with Crippen LogP contribution in [0.2, 0.25) is 10.2 Å². The van der Waals surface area contributed by atoms with Gasteiger partial charge in [-0.25, -0.2) is 9.97 Å². The molecule has 2 fully saturated rings. The predicted molar refractivity (Wildman–Crippen MR) is 165 cm³/mol. The number of amidine groups is 1. The number of nitrogen functional groups attached to an aromatic ring is 2. The van der Waals surface area contributed by atoms with Crippen LogP contribution in [0.1, 0.15) is 40.1 Å². The van der Waals surface area contributed by atoms with Gasteiger partial charge in [0.25, 0.3) is 11.8 Å². The molecular formula is C28H37Cl2N9O4. The van der Waals surface area contributed by atoms with E-state index in [9.17, 15) is 9.59 Å². The number of hydrogen-bond acceptors (Lipinski definition) is 11. The standard InChI is InChI=1S/C28H37Cl2N9O4/c1-37-7-9-38(10-8-37)11-12-43-22-18(29)13-17(14-19(22)42-2)27(41)39-5-3-28(4-6-39)15-20(33-16-28)34-26(40)21-24(31)36-25(32)23(30)35-21/h13-14H,3-12,15-16H2,1-2H3,(H4,31,32,36)(H,33,34,40). The number of hydrogen-bond donors (Lipinski definition) is 3. The predicted octanol–water partition coefficient (Wildman–Crippen LogP) is 2.04. The van der Waals surface area contributed by atoms with Gasteiger partial charge in [0.05, 0.1) is 12.1 Å². The molecule has 0 aliphatic carbocycles. The third-order valence-electron chi connectivity index (χ3n) is 8.36. The SMILES string of the molecule is COc1cc(C(=O)N2CCC3(CC2)CN=C(NC(=O)c2nc(Cl)c(N)nc2N)C3)cc(Cl)c1OCCN1CCN(C)CC1. The number of benzene rings is 1. The van der Waals surface area contributed by atoms with Crippen LogP contribution >= 0.6 is 23.2 Å². The Bertz CT molecular complexity index is 1410. The molecule has 1 aromatic heterocycles. The maximum absolute atomic E-state index is 13.5. The molecule has 232 valence electrons. The van der Waals surface area contributed by atoms with Gasteiger partial charge in [0.15, 0.2) is 34.0 Å². The Kier molecular flexibility index (Phi) is 9.45. The third kappa shape index (κ3) is 7.06. The van der Waals surface area contributed by atoms with Crippen molar-refractivity contribution in [2.24, 2.45) is 10.4 Å². The van der Waals surface area contributed by atoms with Crippen molar-refractivity contribution in [3.63, 3.8) is 0 Å². The number of likely N-dealkylation sites (tertiary alicyclic amines) is 1. The number of halogens is 2. The van der Waals surface area contributed by atoms with Crippen molar-refractivity contribution in [2.45, 2.75) is 19.3 Å². The maximum Gasteiger partial charge on any atom is 0.279 e. The normalized spacial score (nSPS) is 18.9. The smallest absolute Gasteiger partial charge is 0.279 e. The van der Waals surface area contributed by atoms with Crippen molar-refractivity contribution < 1.29 is 19.1 Å². The van der Waals surface area contributed by atoms with Crippen LogP contribution in [0.25, 0.3) is 0 Å². The molecule has 13 nitrogen and oxygen atoms in total. The lowest BCUT2D eigenvalue weighted by Crippen LogP contribution is -2.45.